The molecular formula is C101H172O16P2. The van der Waals surface area contributed by atoms with E-state index in [1.54, 1.807) is 0 Å². The lowest BCUT2D eigenvalue weighted by atomic mass is 10.0. The van der Waals surface area contributed by atoms with Crippen LogP contribution in [0, 0.1) is 0 Å². The summed E-state index contributed by atoms with van der Waals surface area (Å²) in [5.74, 6) is -1.58. The zero-order valence-electron chi connectivity index (χ0n) is 75.2. The predicted octanol–water partition coefficient (Wildman–Crippen LogP) is 29.4. The largest absolute Gasteiger partial charge is 0.472 e. The molecule has 5 atom stereocenters. The van der Waals surface area contributed by atoms with Crippen molar-refractivity contribution < 1.29 is 75.8 Å². The van der Waals surface area contributed by atoms with Crippen LogP contribution in [0.2, 0.25) is 0 Å². The maximum Gasteiger partial charge on any atom is 0.472 e. The average Bonchev–Trinajstić information content (AvgIpc) is 0.941. The second kappa shape index (κ2) is 92.1. The Morgan fingerprint density at radius 3 is 0.706 bits per heavy atom. The van der Waals surface area contributed by atoms with Gasteiger partial charge in [-0.3, -0.25) is 32.5 Å². The number of aliphatic hydroxyl groups is 2. The fourth-order valence-corrected chi connectivity index (χ4v) is 14.4. The lowest BCUT2D eigenvalue weighted by Gasteiger charge is -2.21. The lowest BCUT2D eigenvalue weighted by Crippen LogP contribution is -2.30. The van der Waals surface area contributed by atoms with Gasteiger partial charge in [-0.15, -0.1) is 0 Å². The van der Waals surface area contributed by atoms with E-state index in [0.717, 1.165) is 167 Å². The van der Waals surface area contributed by atoms with Crippen LogP contribution in [0.5, 0.6) is 0 Å². The number of carbonyl (C=O) groups excluding carboxylic acids is 3. The van der Waals surface area contributed by atoms with E-state index < -0.39 is 91.5 Å². The Morgan fingerprint density at radius 1 is 0.244 bits per heavy atom. The SMILES string of the molecule is CC/C=C\C/C=C\C/C=C\C/C=C\C/C=C\C/C=C\CCCCCCCCCCCCCCCCC(=O)OCC(O)COP(=O)(O)OCC(O)COP(=O)(O)OCC(COC(=O)CCCCCCCCCCCCCCCCC/C=C\C/C=C\C/C=C\C/C=C\CCCCC)OC(=O)CCCCCCCC/C=C\C/C=C\C/C=C\C/C=C\CC. The number of hydrogen-bond donors (Lipinski definition) is 4. The first kappa shape index (κ1) is 114. The Kier molecular flexibility index (Phi) is 88.2. The topological polar surface area (TPSA) is 231 Å². The first-order chi connectivity index (χ1) is 58.2. The third kappa shape index (κ3) is 93.5. The van der Waals surface area contributed by atoms with Gasteiger partial charge in [-0.05, 0) is 154 Å². The number of rotatable bonds is 89. The molecular weight excluding hydrogens is 1530 g/mol. The van der Waals surface area contributed by atoms with Crippen LogP contribution in [0.3, 0.4) is 0 Å². The first-order valence-electron chi connectivity index (χ1n) is 47.4. The molecule has 0 saturated carbocycles. The summed E-state index contributed by atoms with van der Waals surface area (Å²) in [6, 6.07) is 0. The van der Waals surface area contributed by atoms with E-state index in [0.29, 0.717) is 19.3 Å². The van der Waals surface area contributed by atoms with Crippen molar-refractivity contribution in [3.8, 4) is 0 Å². The number of ether oxygens (including phenoxy) is 3. The number of phosphoric acid groups is 2. The molecule has 0 aromatic heterocycles. The first-order valence-corrected chi connectivity index (χ1v) is 50.4. The summed E-state index contributed by atoms with van der Waals surface area (Å²) < 4.78 is 61.5. The molecule has 0 saturated heterocycles. The molecule has 0 aromatic rings. The molecule has 0 fully saturated rings. The Labute approximate surface area is 726 Å². The molecule has 0 aliphatic carbocycles. The minimum absolute atomic E-state index is 0.0856. The number of unbranched alkanes of at least 4 members (excludes halogenated alkanes) is 38. The van der Waals surface area contributed by atoms with Gasteiger partial charge in [0.15, 0.2) is 6.10 Å². The Bertz CT molecular complexity index is 2840. The van der Waals surface area contributed by atoms with E-state index >= 15 is 0 Å². The Morgan fingerprint density at radius 2 is 0.445 bits per heavy atom. The van der Waals surface area contributed by atoms with Crippen LogP contribution in [0.4, 0.5) is 0 Å². The van der Waals surface area contributed by atoms with Crippen molar-refractivity contribution in [3.05, 3.63) is 170 Å². The van der Waals surface area contributed by atoms with Crippen molar-refractivity contribution >= 4 is 33.6 Å². The molecule has 0 aliphatic rings. The van der Waals surface area contributed by atoms with E-state index in [9.17, 15) is 43.5 Å². The standard InChI is InChI=1S/C101H172O16P2/c1-4-7-10-13-16-19-22-25-28-31-34-36-38-40-42-44-46-47-49-51-52-54-56-58-61-63-66-69-72-75-78-81-84-87-99(104)111-90-96(102)91-113-118(107,108)114-92-97(103)93-115-119(109,110)116-95-98(117-101(106)89-86-83-80-77-74-71-68-65-60-33-30-27-24-21-18-15-12-9-6-3)94-112-100(105)88-85-82-79-76-73-70-67-64-62-59-57-55-53-50-48-45-43-41-39-37-35-32-29-26-23-20-17-14-11-8-5-2/h7,9-10,12,16-21,25-30,34-37,40-43,46-47,60,65,96-98,102-103H,4-6,8,11,13-15,22-24,31-33,38-39,44-45,48-59,61-64,66-95H2,1-3H3,(H,107,108)(H,109,110)/b10-7-,12-9-,19-16-,20-17-,21-18-,28-25-,29-26-,30-27-,36-34-,37-35-,42-40-,43-41-,47-46-,65-60-. The molecule has 0 spiro atoms. The van der Waals surface area contributed by atoms with Gasteiger partial charge in [0, 0.05) is 19.3 Å². The van der Waals surface area contributed by atoms with Crippen LogP contribution in [0.15, 0.2) is 170 Å². The van der Waals surface area contributed by atoms with Crippen LogP contribution in [-0.2, 0) is 55.8 Å². The van der Waals surface area contributed by atoms with Crippen LogP contribution in [-0.4, -0.2) is 95.9 Å². The highest BCUT2D eigenvalue weighted by molar-refractivity contribution is 7.47. The number of aliphatic hydroxyl groups excluding tert-OH is 2. The maximum atomic E-state index is 13.1. The van der Waals surface area contributed by atoms with Crippen molar-refractivity contribution in [2.24, 2.45) is 0 Å². The number of carbonyl (C=O) groups is 3. The summed E-state index contributed by atoms with van der Waals surface area (Å²) in [7, 11) is -9.82. The zero-order chi connectivity index (χ0) is 86.5. The molecule has 5 unspecified atom stereocenters. The van der Waals surface area contributed by atoms with E-state index in [2.05, 4.69) is 191 Å². The molecule has 4 N–H and O–H groups in total. The van der Waals surface area contributed by atoms with Crippen molar-refractivity contribution in [2.75, 3.05) is 39.6 Å². The van der Waals surface area contributed by atoms with Crippen molar-refractivity contribution in [3.63, 3.8) is 0 Å². The summed E-state index contributed by atoms with van der Waals surface area (Å²) >= 11 is 0. The monoisotopic (exact) mass is 1700 g/mol. The van der Waals surface area contributed by atoms with E-state index in [-0.39, 0.29) is 19.3 Å². The molecule has 0 amide bonds. The van der Waals surface area contributed by atoms with Crippen LogP contribution in [0.1, 0.15) is 393 Å². The summed E-state index contributed by atoms with van der Waals surface area (Å²) in [4.78, 5) is 59.0. The highest BCUT2D eigenvalue weighted by Crippen LogP contribution is 2.45. The fraction of sp³-hybridized carbons (Fsp3) is 0.693. The number of phosphoric ester groups is 2. The van der Waals surface area contributed by atoms with E-state index in [1.165, 1.54) is 167 Å². The van der Waals surface area contributed by atoms with E-state index in [4.69, 9.17) is 32.3 Å². The summed E-state index contributed by atoms with van der Waals surface area (Å²) in [6.45, 7) is 2.46. The predicted molar refractivity (Wildman–Crippen MR) is 500 cm³/mol. The molecule has 0 heterocycles. The Hall–Kier alpha value is -5.09. The minimum atomic E-state index is -4.95. The van der Waals surface area contributed by atoms with Crippen molar-refractivity contribution in [1.82, 2.24) is 0 Å². The van der Waals surface area contributed by atoms with Crippen LogP contribution < -0.4 is 0 Å². The third-order valence-corrected chi connectivity index (χ3v) is 21.8. The average molecular weight is 1700 g/mol. The molecule has 119 heavy (non-hydrogen) atoms. The Balaban J connectivity index is 4.54. The number of allylic oxidation sites excluding steroid dienone is 28. The third-order valence-electron chi connectivity index (χ3n) is 19.9. The summed E-state index contributed by atoms with van der Waals surface area (Å²) in [5, 5.41) is 20.7. The normalized spacial score (nSPS) is 14.5. The quantitative estimate of drug-likeness (QED) is 0.0146. The summed E-state index contributed by atoms with van der Waals surface area (Å²) in [6.07, 6.45) is 120. The van der Waals surface area contributed by atoms with Gasteiger partial charge in [0.05, 0.1) is 26.4 Å². The van der Waals surface area contributed by atoms with Gasteiger partial charge < -0.3 is 34.2 Å². The molecule has 0 rings (SSSR count). The molecule has 0 aromatic carbocycles. The lowest BCUT2D eigenvalue weighted by molar-refractivity contribution is -0.161. The van der Waals surface area contributed by atoms with Gasteiger partial charge in [-0.1, -0.05) is 390 Å². The molecule has 0 bridgehead atoms. The molecule has 0 radical (unpaired) electrons. The van der Waals surface area contributed by atoms with Gasteiger partial charge in [0.1, 0.15) is 25.4 Å². The highest BCUT2D eigenvalue weighted by atomic mass is 31.2. The molecule has 18 heteroatoms. The minimum Gasteiger partial charge on any atom is -0.463 e. The number of hydrogen-bond acceptors (Lipinski definition) is 14. The van der Waals surface area contributed by atoms with Gasteiger partial charge in [-0.2, -0.15) is 0 Å². The second-order valence-corrected chi connectivity index (χ2v) is 34.3. The maximum absolute atomic E-state index is 13.1. The number of esters is 3. The highest BCUT2D eigenvalue weighted by Gasteiger charge is 2.30. The van der Waals surface area contributed by atoms with Gasteiger partial charge in [-0.25, -0.2) is 9.13 Å². The van der Waals surface area contributed by atoms with Gasteiger partial charge >= 0.3 is 33.6 Å². The van der Waals surface area contributed by atoms with Crippen LogP contribution >= 0.6 is 15.6 Å². The summed E-state index contributed by atoms with van der Waals surface area (Å²) in [5.41, 5.74) is 0. The molecule has 682 valence electrons. The van der Waals surface area contributed by atoms with Crippen molar-refractivity contribution in [2.45, 2.75) is 411 Å². The van der Waals surface area contributed by atoms with E-state index in [1.807, 2.05) is 0 Å². The second-order valence-electron chi connectivity index (χ2n) is 31.4. The molecule has 0 aliphatic heterocycles. The van der Waals surface area contributed by atoms with Gasteiger partial charge in [0.2, 0.25) is 0 Å². The molecule has 16 nitrogen and oxygen atoms in total. The smallest absolute Gasteiger partial charge is 0.463 e. The van der Waals surface area contributed by atoms with Crippen LogP contribution in [0.25, 0.3) is 0 Å². The zero-order valence-corrected chi connectivity index (χ0v) is 77.0. The van der Waals surface area contributed by atoms with Gasteiger partial charge in [0.25, 0.3) is 0 Å². The fourth-order valence-electron chi connectivity index (χ4n) is 12.8. The van der Waals surface area contributed by atoms with Crippen molar-refractivity contribution in [1.29, 1.82) is 0 Å².